The zero-order chi connectivity index (χ0) is 19.2. The van der Waals surface area contributed by atoms with Crippen LogP contribution >= 0.6 is 23.1 Å². The van der Waals surface area contributed by atoms with E-state index in [9.17, 15) is 9.59 Å². The number of thioether (sulfide) groups is 1. The van der Waals surface area contributed by atoms with E-state index in [1.165, 1.54) is 0 Å². The van der Waals surface area contributed by atoms with E-state index in [2.05, 4.69) is 10.3 Å². The molecule has 8 heteroatoms. The topological polar surface area (TPSA) is 71.5 Å². The Bertz CT molecular complexity index is 792. The van der Waals surface area contributed by atoms with Crippen molar-refractivity contribution < 1.29 is 14.3 Å². The fourth-order valence-electron chi connectivity index (χ4n) is 2.88. The lowest BCUT2D eigenvalue weighted by molar-refractivity contribution is -0.138. The molecular formula is C19H23N3O3S2. The maximum Gasteiger partial charge on any atom is 0.244 e. The minimum absolute atomic E-state index is 0.0143. The predicted octanol–water partition coefficient (Wildman–Crippen LogP) is 2.61. The first-order chi connectivity index (χ1) is 13.1. The number of nitrogens with zero attached hydrogens (tertiary/aromatic N) is 2. The SMILES string of the molecule is COc1ccc(CCC(=O)N2CSCC2C(=O)NCc2csc(C)n2)cc1. The van der Waals surface area contributed by atoms with Gasteiger partial charge in [0.2, 0.25) is 11.8 Å². The number of ether oxygens (including phenoxy) is 1. The molecule has 0 bridgehead atoms. The molecule has 0 saturated carbocycles. The molecule has 2 heterocycles. The Kier molecular flexibility index (Phi) is 6.73. The van der Waals surface area contributed by atoms with Crippen molar-refractivity contribution >= 4 is 34.9 Å². The molecule has 0 radical (unpaired) electrons. The zero-order valence-corrected chi connectivity index (χ0v) is 17.1. The number of aryl methyl sites for hydroxylation is 2. The summed E-state index contributed by atoms with van der Waals surface area (Å²) in [6, 6.07) is 7.30. The Morgan fingerprint density at radius 2 is 2.11 bits per heavy atom. The monoisotopic (exact) mass is 405 g/mol. The maximum absolute atomic E-state index is 12.6. The molecule has 27 heavy (non-hydrogen) atoms. The summed E-state index contributed by atoms with van der Waals surface area (Å²) < 4.78 is 5.15. The van der Waals surface area contributed by atoms with Gasteiger partial charge in [-0.15, -0.1) is 23.1 Å². The first kappa shape index (κ1) is 19.7. The van der Waals surface area contributed by atoms with Gasteiger partial charge in [-0.2, -0.15) is 0 Å². The maximum atomic E-state index is 12.6. The van der Waals surface area contributed by atoms with Gasteiger partial charge in [-0.3, -0.25) is 9.59 Å². The number of benzene rings is 1. The van der Waals surface area contributed by atoms with Crippen LogP contribution in [0.3, 0.4) is 0 Å². The summed E-state index contributed by atoms with van der Waals surface area (Å²) in [5, 5.41) is 5.83. The molecule has 2 aromatic rings. The zero-order valence-electron chi connectivity index (χ0n) is 15.4. The summed E-state index contributed by atoms with van der Waals surface area (Å²) in [6.07, 6.45) is 1.04. The molecule has 1 fully saturated rings. The first-order valence-corrected chi connectivity index (χ1v) is 10.8. The van der Waals surface area contributed by atoms with Gasteiger partial charge in [0.05, 0.1) is 30.2 Å². The Morgan fingerprint density at radius 1 is 1.33 bits per heavy atom. The lowest BCUT2D eigenvalue weighted by Crippen LogP contribution is -2.47. The third-order valence-corrected chi connectivity index (χ3v) is 6.24. The lowest BCUT2D eigenvalue weighted by atomic mass is 10.1. The van der Waals surface area contributed by atoms with Crippen LogP contribution < -0.4 is 10.1 Å². The summed E-state index contributed by atoms with van der Waals surface area (Å²) in [7, 11) is 1.63. The number of rotatable bonds is 7. The molecule has 3 rings (SSSR count). The van der Waals surface area contributed by atoms with Gasteiger partial charge in [0.15, 0.2) is 0 Å². The number of amides is 2. The van der Waals surface area contributed by atoms with E-state index in [-0.39, 0.29) is 11.8 Å². The number of nitrogens with one attached hydrogen (secondary N) is 1. The number of hydrogen-bond acceptors (Lipinski definition) is 6. The molecule has 6 nitrogen and oxygen atoms in total. The molecule has 1 aromatic carbocycles. The van der Waals surface area contributed by atoms with Gasteiger partial charge < -0.3 is 15.0 Å². The molecule has 1 aliphatic heterocycles. The number of hydrogen-bond donors (Lipinski definition) is 1. The highest BCUT2D eigenvalue weighted by molar-refractivity contribution is 7.99. The van der Waals surface area contributed by atoms with Gasteiger partial charge >= 0.3 is 0 Å². The van der Waals surface area contributed by atoms with E-state index in [0.29, 0.717) is 31.0 Å². The second-order valence-electron chi connectivity index (χ2n) is 6.30. The number of aromatic nitrogens is 1. The van der Waals surface area contributed by atoms with Crippen molar-refractivity contribution in [1.82, 2.24) is 15.2 Å². The van der Waals surface area contributed by atoms with Crippen LogP contribution in [-0.4, -0.2) is 46.5 Å². The molecule has 1 aromatic heterocycles. The summed E-state index contributed by atoms with van der Waals surface area (Å²) in [4.78, 5) is 31.2. The molecular weight excluding hydrogens is 382 g/mol. The summed E-state index contributed by atoms with van der Waals surface area (Å²) in [6.45, 7) is 2.34. The average molecular weight is 406 g/mol. The minimum atomic E-state index is -0.405. The molecule has 1 saturated heterocycles. The Labute approximate surface area is 167 Å². The van der Waals surface area contributed by atoms with E-state index in [4.69, 9.17) is 4.74 Å². The quantitative estimate of drug-likeness (QED) is 0.767. The van der Waals surface area contributed by atoms with Crippen LogP contribution in [0.2, 0.25) is 0 Å². The number of carbonyl (C=O) groups is 2. The van der Waals surface area contributed by atoms with Crippen molar-refractivity contribution in [2.45, 2.75) is 32.4 Å². The van der Waals surface area contributed by atoms with Gasteiger partial charge in [0, 0.05) is 17.6 Å². The molecule has 0 spiro atoms. The summed E-state index contributed by atoms with van der Waals surface area (Å²) in [5.41, 5.74) is 1.93. The van der Waals surface area contributed by atoms with Crippen LogP contribution in [0.15, 0.2) is 29.6 Å². The highest BCUT2D eigenvalue weighted by Crippen LogP contribution is 2.23. The van der Waals surface area contributed by atoms with E-state index in [0.717, 1.165) is 22.0 Å². The molecule has 1 atom stereocenters. The fourth-order valence-corrected chi connectivity index (χ4v) is 4.67. The van der Waals surface area contributed by atoms with Crippen LogP contribution in [0.4, 0.5) is 0 Å². The largest absolute Gasteiger partial charge is 0.497 e. The van der Waals surface area contributed by atoms with Gasteiger partial charge in [0.25, 0.3) is 0 Å². The highest BCUT2D eigenvalue weighted by atomic mass is 32.2. The molecule has 2 amide bonds. The predicted molar refractivity (Wildman–Crippen MR) is 108 cm³/mol. The Morgan fingerprint density at radius 3 is 2.78 bits per heavy atom. The Hall–Kier alpha value is -2.06. The van der Waals surface area contributed by atoms with Crippen molar-refractivity contribution in [3.63, 3.8) is 0 Å². The summed E-state index contributed by atoms with van der Waals surface area (Å²) >= 11 is 3.18. The highest BCUT2D eigenvalue weighted by Gasteiger charge is 2.34. The van der Waals surface area contributed by atoms with E-state index in [1.54, 1.807) is 35.1 Å². The van der Waals surface area contributed by atoms with Crippen LogP contribution in [-0.2, 0) is 22.6 Å². The standard InChI is InChI=1S/C19H23N3O3S2/c1-13-21-15(10-27-13)9-20-19(24)17-11-26-12-22(17)18(23)8-5-14-3-6-16(25-2)7-4-14/h3-4,6-7,10,17H,5,8-9,11-12H2,1-2H3,(H,20,24). The van der Waals surface area contributed by atoms with Gasteiger partial charge in [-0.05, 0) is 31.0 Å². The van der Waals surface area contributed by atoms with Crippen molar-refractivity contribution in [2.75, 3.05) is 18.7 Å². The Balaban J connectivity index is 1.51. The minimum Gasteiger partial charge on any atom is -0.497 e. The molecule has 0 aliphatic carbocycles. The number of thiazole rings is 1. The number of methoxy groups -OCH3 is 1. The third-order valence-electron chi connectivity index (χ3n) is 4.40. The molecule has 1 unspecified atom stereocenters. The van der Waals surface area contributed by atoms with E-state index in [1.807, 2.05) is 36.6 Å². The van der Waals surface area contributed by atoms with Crippen molar-refractivity contribution in [3.05, 3.63) is 45.9 Å². The summed E-state index contributed by atoms with van der Waals surface area (Å²) in [5.74, 6) is 1.91. The molecule has 1 N–H and O–H groups in total. The first-order valence-electron chi connectivity index (χ1n) is 8.75. The van der Waals surface area contributed by atoms with Crippen LogP contribution in [0.1, 0.15) is 22.7 Å². The fraction of sp³-hybridized carbons (Fsp3) is 0.421. The smallest absolute Gasteiger partial charge is 0.244 e. The van der Waals surface area contributed by atoms with Crippen LogP contribution in [0.25, 0.3) is 0 Å². The van der Waals surface area contributed by atoms with Crippen molar-refractivity contribution in [3.8, 4) is 5.75 Å². The average Bonchev–Trinajstić information content (AvgIpc) is 3.33. The van der Waals surface area contributed by atoms with Gasteiger partial charge in [0.1, 0.15) is 11.8 Å². The second-order valence-corrected chi connectivity index (χ2v) is 8.36. The van der Waals surface area contributed by atoms with Crippen molar-refractivity contribution in [1.29, 1.82) is 0 Å². The normalized spacial score (nSPS) is 16.4. The van der Waals surface area contributed by atoms with E-state index < -0.39 is 6.04 Å². The molecule has 144 valence electrons. The van der Waals surface area contributed by atoms with E-state index >= 15 is 0 Å². The van der Waals surface area contributed by atoms with Crippen molar-refractivity contribution in [2.24, 2.45) is 0 Å². The third kappa shape index (κ3) is 5.23. The molecule has 1 aliphatic rings. The van der Waals surface area contributed by atoms with Crippen LogP contribution in [0.5, 0.6) is 5.75 Å². The number of carbonyl (C=O) groups excluding carboxylic acids is 2. The van der Waals surface area contributed by atoms with Crippen LogP contribution in [0, 0.1) is 6.92 Å². The lowest BCUT2D eigenvalue weighted by Gasteiger charge is -2.23. The van der Waals surface area contributed by atoms with Gasteiger partial charge in [-0.1, -0.05) is 12.1 Å². The second kappa shape index (κ2) is 9.23. The van der Waals surface area contributed by atoms with Gasteiger partial charge in [-0.25, -0.2) is 4.98 Å².